The number of nitrogens with zero attached hydrogens (tertiary/aromatic N) is 3. The lowest BCUT2D eigenvalue weighted by Crippen LogP contribution is -2.22. The second-order valence-corrected chi connectivity index (χ2v) is 6.92. The van der Waals surface area contributed by atoms with E-state index in [4.69, 9.17) is 0 Å². The molecule has 1 atom stereocenters. The zero-order valence-electron chi connectivity index (χ0n) is 14.6. The maximum absolute atomic E-state index is 12.0. The molecule has 1 heterocycles. The van der Waals surface area contributed by atoms with Crippen LogP contribution in [0.5, 0.6) is 0 Å². The van der Waals surface area contributed by atoms with Gasteiger partial charge in [-0.3, -0.25) is 19.7 Å². The first kappa shape index (κ1) is 18.6. The molecule has 1 unspecified atom stereocenters. The molecule has 9 heteroatoms. The summed E-state index contributed by atoms with van der Waals surface area (Å²) in [6.07, 6.45) is 0. The number of benzene rings is 2. The Kier molecular flexibility index (Phi) is 5.22. The van der Waals surface area contributed by atoms with Gasteiger partial charge in [0, 0.05) is 37.2 Å². The summed E-state index contributed by atoms with van der Waals surface area (Å²) in [6, 6.07) is 13.2. The molecule has 0 aliphatic carbocycles. The van der Waals surface area contributed by atoms with Gasteiger partial charge >= 0.3 is 0 Å². The highest BCUT2D eigenvalue weighted by Crippen LogP contribution is 2.41. The van der Waals surface area contributed by atoms with Crippen LogP contribution < -0.4 is 5.32 Å². The lowest BCUT2D eigenvalue weighted by Gasteiger charge is -2.19. The van der Waals surface area contributed by atoms with E-state index >= 15 is 0 Å². The van der Waals surface area contributed by atoms with Crippen LogP contribution in [0.25, 0.3) is 0 Å². The molecule has 27 heavy (non-hydrogen) atoms. The molecule has 0 saturated heterocycles. The summed E-state index contributed by atoms with van der Waals surface area (Å²) in [5.41, 5.74) is 2.22. The van der Waals surface area contributed by atoms with Crippen LogP contribution in [0.1, 0.15) is 30.3 Å². The number of hydrazone groups is 1. The standard InChI is InChI=1S/C18H16N4O4S/c1-11(23)19-15-7-3-13(4-8-15)17-20-21(12(2)24)18(27-17)14-5-9-16(10-6-14)22(25)26/h3-10,18H,1-2H3,(H,19,23). The Morgan fingerprint density at radius 3 is 2.26 bits per heavy atom. The molecule has 8 nitrogen and oxygen atoms in total. The number of hydrogen-bond acceptors (Lipinski definition) is 6. The van der Waals surface area contributed by atoms with Crippen LogP contribution in [0.3, 0.4) is 0 Å². The molecule has 1 N–H and O–H groups in total. The number of non-ortho nitro benzene ring substituents is 1. The molecular weight excluding hydrogens is 368 g/mol. The van der Waals surface area contributed by atoms with Crippen molar-refractivity contribution >= 4 is 40.0 Å². The molecule has 3 rings (SSSR count). The zero-order valence-corrected chi connectivity index (χ0v) is 15.4. The fourth-order valence-electron chi connectivity index (χ4n) is 2.56. The Labute approximate surface area is 159 Å². The molecule has 0 radical (unpaired) electrons. The maximum atomic E-state index is 12.0. The number of nitro groups is 1. The number of amides is 2. The van der Waals surface area contributed by atoms with E-state index in [1.807, 2.05) is 12.1 Å². The summed E-state index contributed by atoms with van der Waals surface area (Å²) in [7, 11) is 0. The number of carbonyl (C=O) groups is 2. The minimum Gasteiger partial charge on any atom is -0.326 e. The van der Waals surface area contributed by atoms with Crippen molar-refractivity contribution < 1.29 is 14.5 Å². The fourth-order valence-corrected chi connectivity index (χ4v) is 3.77. The molecule has 1 aliphatic rings. The minimum atomic E-state index is -0.465. The molecule has 2 aromatic carbocycles. The van der Waals surface area contributed by atoms with Crippen LogP contribution >= 0.6 is 11.8 Å². The zero-order chi connectivity index (χ0) is 19.6. The Bertz CT molecular complexity index is 925. The van der Waals surface area contributed by atoms with E-state index < -0.39 is 10.3 Å². The molecule has 0 fully saturated rings. The summed E-state index contributed by atoms with van der Waals surface area (Å²) >= 11 is 1.39. The van der Waals surface area contributed by atoms with Gasteiger partial charge in [0.25, 0.3) is 5.69 Å². The van der Waals surface area contributed by atoms with Crippen molar-refractivity contribution in [2.45, 2.75) is 19.2 Å². The highest BCUT2D eigenvalue weighted by Gasteiger charge is 2.32. The van der Waals surface area contributed by atoms with Crippen LogP contribution in [-0.2, 0) is 9.59 Å². The third kappa shape index (κ3) is 4.14. The SMILES string of the molecule is CC(=O)Nc1ccc(C2=NN(C(C)=O)C(c3ccc([N+](=O)[O-])cc3)S2)cc1. The van der Waals surface area contributed by atoms with E-state index in [-0.39, 0.29) is 17.5 Å². The molecular formula is C18H16N4O4S. The second-order valence-electron chi connectivity index (χ2n) is 5.85. The molecule has 0 bridgehead atoms. The first-order valence-electron chi connectivity index (χ1n) is 8.02. The molecule has 0 spiro atoms. The number of nitrogens with one attached hydrogen (secondary N) is 1. The Morgan fingerprint density at radius 2 is 1.74 bits per heavy atom. The average molecular weight is 384 g/mol. The Morgan fingerprint density at radius 1 is 1.11 bits per heavy atom. The van der Waals surface area contributed by atoms with Crippen LogP contribution in [-0.4, -0.2) is 26.8 Å². The number of carbonyl (C=O) groups excluding carboxylic acids is 2. The number of rotatable bonds is 4. The largest absolute Gasteiger partial charge is 0.326 e. The first-order valence-corrected chi connectivity index (χ1v) is 8.90. The van der Waals surface area contributed by atoms with Gasteiger partial charge in [0.15, 0.2) is 0 Å². The van der Waals surface area contributed by atoms with Gasteiger partial charge in [0.2, 0.25) is 11.8 Å². The topological polar surface area (TPSA) is 105 Å². The predicted molar refractivity (Wildman–Crippen MR) is 103 cm³/mol. The third-order valence-electron chi connectivity index (χ3n) is 3.81. The average Bonchev–Trinajstić information content (AvgIpc) is 3.07. The van der Waals surface area contributed by atoms with Crippen molar-refractivity contribution in [3.05, 3.63) is 69.8 Å². The Hall–Kier alpha value is -3.20. The van der Waals surface area contributed by atoms with Gasteiger partial charge in [-0.25, -0.2) is 5.01 Å². The molecule has 2 aromatic rings. The summed E-state index contributed by atoms with van der Waals surface area (Å²) in [6.45, 7) is 2.86. The van der Waals surface area contributed by atoms with Crippen LogP contribution in [0.4, 0.5) is 11.4 Å². The van der Waals surface area contributed by atoms with Crippen LogP contribution in [0.15, 0.2) is 53.6 Å². The smallest absolute Gasteiger partial charge is 0.269 e. The van der Waals surface area contributed by atoms with Gasteiger partial charge in [-0.1, -0.05) is 23.9 Å². The van der Waals surface area contributed by atoms with Gasteiger partial charge in [0.05, 0.1) is 4.92 Å². The van der Waals surface area contributed by atoms with E-state index in [1.165, 1.54) is 42.8 Å². The quantitative estimate of drug-likeness (QED) is 0.641. The predicted octanol–water partition coefficient (Wildman–Crippen LogP) is 3.51. The maximum Gasteiger partial charge on any atom is 0.269 e. The first-order chi connectivity index (χ1) is 12.8. The van der Waals surface area contributed by atoms with Crippen molar-refractivity contribution in [3.63, 3.8) is 0 Å². The summed E-state index contributed by atoms with van der Waals surface area (Å²) in [5, 5.41) is 19.5. The molecule has 0 aromatic heterocycles. The molecule has 2 amide bonds. The third-order valence-corrected chi connectivity index (χ3v) is 5.04. The van der Waals surface area contributed by atoms with Crippen LogP contribution in [0.2, 0.25) is 0 Å². The Balaban J connectivity index is 1.84. The van der Waals surface area contributed by atoms with Gasteiger partial charge in [-0.15, -0.1) is 0 Å². The molecule has 138 valence electrons. The van der Waals surface area contributed by atoms with Crippen molar-refractivity contribution in [1.82, 2.24) is 5.01 Å². The van der Waals surface area contributed by atoms with Crippen molar-refractivity contribution in [1.29, 1.82) is 0 Å². The second kappa shape index (κ2) is 7.58. The van der Waals surface area contributed by atoms with Crippen LogP contribution in [0, 0.1) is 10.1 Å². The van der Waals surface area contributed by atoms with Gasteiger partial charge < -0.3 is 5.32 Å². The normalized spacial score (nSPS) is 16.0. The van der Waals surface area contributed by atoms with E-state index in [0.29, 0.717) is 10.7 Å². The number of hydrogen-bond donors (Lipinski definition) is 1. The fraction of sp³-hybridized carbons (Fsp3) is 0.167. The van der Waals surface area contributed by atoms with Crippen molar-refractivity contribution in [2.75, 3.05) is 5.32 Å². The summed E-state index contributed by atoms with van der Waals surface area (Å²) in [5.74, 6) is -0.382. The minimum absolute atomic E-state index is 0.00850. The van der Waals surface area contributed by atoms with Gasteiger partial charge in [0.1, 0.15) is 10.4 Å². The highest BCUT2D eigenvalue weighted by molar-refractivity contribution is 8.14. The summed E-state index contributed by atoms with van der Waals surface area (Å²) < 4.78 is 0. The van der Waals surface area contributed by atoms with Gasteiger partial charge in [-0.05, 0) is 29.8 Å². The number of anilines is 1. The van der Waals surface area contributed by atoms with E-state index in [9.17, 15) is 19.7 Å². The van der Waals surface area contributed by atoms with E-state index in [2.05, 4.69) is 10.4 Å². The van der Waals surface area contributed by atoms with E-state index in [0.717, 1.165) is 11.1 Å². The lowest BCUT2D eigenvalue weighted by atomic mass is 10.2. The number of nitro benzene ring substituents is 1. The summed E-state index contributed by atoms with van der Waals surface area (Å²) in [4.78, 5) is 33.5. The van der Waals surface area contributed by atoms with Crippen molar-refractivity contribution in [3.8, 4) is 0 Å². The molecule has 1 aliphatic heterocycles. The monoisotopic (exact) mass is 384 g/mol. The van der Waals surface area contributed by atoms with Crippen molar-refractivity contribution in [2.24, 2.45) is 5.10 Å². The highest BCUT2D eigenvalue weighted by atomic mass is 32.2. The number of thioether (sulfide) groups is 1. The van der Waals surface area contributed by atoms with E-state index in [1.54, 1.807) is 24.3 Å². The van der Waals surface area contributed by atoms with Gasteiger partial charge in [-0.2, -0.15) is 5.10 Å². The lowest BCUT2D eigenvalue weighted by molar-refractivity contribution is -0.384. The molecule has 0 saturated carbocycles.